The van der Waals surface area contributed by atoms with Crippen LogP contribution in [0.5, 0.6) is 0 Å². The van der Waals surface area contributed by atoms with Crippen LogP contribution in [-0.2, 0) is 5.21 Å². The van der Waals surface area contributed by atoms with E-state index in [2.05, 4.69) is 5.16 Å². The van der Waals surface area contributed by atoms with Crippen molar-refractivity contribution in [1.29, 1.82) is 0 Å². The number of halogens is 3. The molecule has 0 aliphatic rings. The lowest BCUT2D eigenvalue weighted by molar-refractivity contribution is 0.211. The van der Waals surface area contributed by atoms with E-state index in [-0.39, 0.29) is 10.7 Å². The van der Waals surface area contributed by atoms with E-state index in [4.69, 9.17) is 34.8 Å². The maximum Gasteiger partial charge on any atom is 0.183 e. The van der Waals surface area contributed by atoms with E-state index in [1.807, 2.05) is 0 Å². The molecular weight excluding hydrogens is 220 g/mol. The van der Waals surface area contributed by atoms with Crippen LogP contribution in [0.3, 0.4) is 0 Å². The fraction of sp³-hybridized carbons (Fsp3) is 0. The first-order valence-electron chi connectivity index (χ1n) is 2.97. The van der Waals surface area contributed by atoms with Gasteiger partial charge in [0.1, 0.15) is 0 Å². The van der Waals surface area contributed by atoms with Gasteiger partial charge in [-0.2, -0.15) is 0 Å². The molecule has 1 aromatic carbocycles. The average molecular weight is 223 g/mol. The van der Waals surface area contributed by atoms with Crippen LogP contribution in [0, 0.1) is 0 Å². The summed E-state index contributed by atoms with van der Waals surface area (Å²) in [6.07, 6.45) is 0. The topological polar surface area (TPSA) is 32.3 Å². The summed E-state index contributed by atoms with van der Waals surface area (Å²) in [7, 11) is 0. The first kappa shape index (κ1) is 9.65. The molecule has 5 heteroatoms. The molecule has 12 heavy (non-hydrogen) atoms. The monoisotopic (exact) mass is 222 g/mol. The third-order valence-corrected chi connectivity index (χ3v) is 2.14. The normalized spacial score (nSPS) is 11.8. The molecule has 0 fully saturated rings. The largest absolute Gasteiger partial charge is 0.183 e. The van der Waals surface area contributed by atoms with E-state index in [1.54, 1.807) is 18.2 Å². The summed E-state index contributed by atoms with van der Waals surface area (Å²) in [4.78, 5) is 0. The number of nitrogens with zero attached hydrogens (tertiary/aromatic N) is 1. The first-order valence-corrected chi connectivity index (χ1v) is 4.10. The zero-order valence-corrected chi connectivity index (χ0v) is 7.99. The van der Waals surface area contributed by atoms with E-state index in [0.29, 0.717) is 10.0 Å². The number of hydrogen-bond acceptors (Lipinski definition) is 1. The quantitative estimate of drug-likeness (QED) is 0.517. The van der Waals surface area contributed by atoms with Crippen LogP contribution in [-0.4, -0.2) is 5.17 Å². The highest BCUT2D eigenvalue weighted by molar-refractivity contribution is 6.71. The predicted molar refractivity (Wildman–Crippen MR) is 49.5 cm³/mol. The maximum atomic E-state index is 10.1. The Labute approximate surface area is 84.3 Å². The predicted octanol–water partition coefficient (Wildman–Crippen LogP) is 3.32. The van der Waals surface area contributed by atoms with Gasteiger partial charge in [-0.15, -0.1) is 5.21 Å². The van der Waals surface area contributed by atoms with Gasteiger partial charge in [-0.1, -0.05) is 40.9 Å². The van der Waals surface area contributed by atoms with Gasteiger partial charge in [-0.05, 0) is 17.3 Å². The van der Waals surface area contributed by atoms with Crippen molar-refractivity contribution in [2.75, 3.05) is 0 Å². The van der Waals surface area contributed by atoms with Crippen molar-refractivity contribution in [2.45, 2.75) is 0 Å². The van der Waals surface area contributed by atoms with Crippen molar-refractivity contribution < 1.29 is 5.21 Å². The molecular formula is C7H3Cl3NO. The Morgan fingerprint density at radius 2 is 1.75 bits per heavy atom. The van der Waals surface area contributed by atoms with Gasteiger partial charge in [0.25, 0.3) is 0 Å². The Kier molecular flexibility index (Phi) is 3.20. The third kappa shape index (κ3) is 1.83. The molecule has 0 N–H and O–H groups in total. The first-order chi connectivity index (χ1) is 5.66. The van der Waals surface area contributed by atoms with E-state index in [1.165, 1.54) is 0 Å². The fourth-order valence-corrected chi connectivity index (χ4v) is 1.62. The molecule has 0 saturated heterocycles. The van der Waals surface area contributed by atoms with Gasteiger partial charge in [0.15, 0.2) is 5.17 Å². The molecule has 0 atom stereocenters. The van der Waals surface area contributed by atoms with Gasteiger partial charge in [0.2, 0.25) is 0 Å². The van der Waals surface area contributed by atoms with Crippen molar-refractivity contribution in [2.24, 2.45) is 5.16 Å². The number of hydrogen-bond donors (Lipinski definition) is 0. The second kappa shape index (κ2) is 3.99. The van der Waals surface area contributed by atoms with E-state index < -0.39 is 0 Å². The second-order valence-electron chi connectivity index (χ2n) is 1.98. The minimum Gasteiger partial charge on any atom is -0.144 e. The molecule has 0 heterocycles. The Morgan fingerprint density at radius 1 is 1.25 bits per heavy atom. The van der Waals surface area contributed by atoms with E-state index >= 15 is 0 Å². The Morgan fingerprint density at radius 3 is 2.17 bits per heavy atom. The summed E-state index contributed by atoms with van der Waals surface area (Å²) in [6, 6.07) is 4.82. The van der Waals surface area contributed by atoms with Gasteiger partial charge in [-0.25, -0.2) is 0 Å². The van der Waals surface area contributed by atoms with Gasteiger partial charge < -0.3 is 0 Å². The average Bonchev–Trinajstić information content (AvgIpc) is 2.03. The van der Waals surface area contributed by atoms with Crippen LogP contribution in [0.2, 0.25) is 10.0 Å². The summed E-state index contributed by atoms with van der Waals surface area (Å²) in [5.74, 6) is 0. The molecule has 0 aliphatic carbocycles. The van der Waals surface area contributed by atoms with Gasteiger partial charge >= 0.3 is 0 Å². The minimum absolute atomic E-state index is 0.231. The van der Waals surface area contributed by atoms with E-state index in [9.17, 15) is 5.21 Å². The van der Waals surface area contributed by atoms with Crippen LogP contribution in [0.15, 0.2) is 23.4 Å². The van der Waals surface area contributed by atoms with Crippen LogP contribution < -0.4 is 0 Å². The smallest absolute Gasteiger partial charge is 0.144 e. The Bertz CT molecular complexity index is 304. The van der Waals surface area contributed by atoms with Crippen molar-refractivity contribution in [3.63, 3.8) is 0 Å². The lowest BCUT2D eigenvalue weighted by atomic mass is 10.2. The molecule has 0 aromatic heterocycles. The highest BCUT2D eigenvalue weighted by Gasteiger charge is 2.10. The lowest BCUT2D eigenvalue weighted by Crippen LogP contribution is -1.93. The zero-order chi connectivity index (χ0) is 9.14. The molecule has 0 bridgehead atoms. The molecule has 0 saturated carbocycles. The number of benzene rings is 1. The fourth-order valence-electron chi connectivity index (χ4n) is 0.741. The van der Waals surface area contributed by atoms with Gasteiger partial charge in [0.05, 0.1) is 15.6 Å². The molecule has 2 nitrogen and oxygen atoms in total. The molecule has 0 amide bonds. The highest BCUT2D eigenvalue weighted by Crippen LogP contribution is 2.25. The van der Waals surface area contributed by atoms with Crippen LogP contribution in [0.25, 0.3) is 0 Å². The molecule has 0 spiro atoms. The third-order valence-electron chi connectivity index (χ3n) is 1.25. The molecule has 1 radical (unpaired) electrons. The van der Waals surface area contributed by atoms with Crippen molar-refractivity contribution in [1.82, 2.24) is 0 Å². The number of rotatable bonds is 1. The van der Waals surface area contributed by atoms with Gasteiger partial charge in [0, 0.05) is 0 Å². The summed E-state index contributed by atoms with van der Waals surface area (Å²) >= 11 is 16.9. The standard InChI is InChI=1S/C7H3Cl3NO/c8-4-2-1-3-5(9)6(4)7(10)11-12/h1-3H. The SMILES string of the molecule is [O]N=C(Cl)c1c(Cl)cccc1Cl. The summed E-state index contributed by atoms with van der Waals surface area (Å²) < 4.78 is 0. The summed E-state index contributed by atoms with van der Waals surface area (Å²) in [5.41, 5.74) is 0.275. The zero-order valence-electron chi connectivity index (χ0n) is 5.72. The molecule has 63 valence electrons. The Balaban J connectivity index is 3.31. The van der Waals surface area contributed by atoms with Crippen molar-refractivity contribution in [3.8, 4) is 0 Å². The van der Waals surface area contributed by atoms with E-state index in [0.717, 1.165) is 0 Å². The van der Waals surface area contributed by atoms with Crippen molar-refractivity contribution in [3.05, 3.63) is 33.8 Å². The highest BCUT2D eigenvalue weighted by atomic mass is 35.5. The second-order valence-corrected chi connectivity index (χ2v) is 3.15. The molecule has 1 aromatic rings. The maximum absolute atomic E-state index is 10.1. The van der Waals surface area contributed by atoms with Gasteiger partial charge in [-0.3, -0.25) is 0 Å². The lowest BCUT2D eigenvalue weighted by Gasteiger charge is -2.01. The van der Waals surface area contributed by atoms with Crippen LogP contribution >= 0.6 is 34.8 Å². The molecule has 0 aliphatic heterocycles. The Hall–Kier alpha value is -0.440. The summed E-state index contributed by atoms with van der Waals surface area (Å²) in [5, 5.41) is 13.0. The minimum atomic E-state index is -0.231. The van der Waals surface area contributed by atoms with Crippen LogP contribution in [0.4, 0.5) is 0 Å². The van der Waals surface area contributed by atoms with Crippen LogP contribution in [0.1, 0.15) is 5.56 Å². The van der Waals surface area contributed by atoms with Crippen molar-refractivity contribution >= 4 is 40.0 Å². The molecule has 1 rings (SSSR count). The summed E-state index contributed by atoms with van der Waals surface area (Å²) in [6.45, 7) is 0. The molecule has 0 unspecified atom stereocenters.